The summed E-state index contributed by atoms with van der Waals surface area (Å²) in [4.78, 5) is 21.5. The highest BCUT2D eigenvalue weighted by Gasteiger charge is 2.21. The predicted molar refractivity (Wildman–Crippen MR) is 127 cm³/mol. The third-order valence-corrected chi connectivity index (χ3v) is 5.43. The molecular weight excluding hydrogens is 398 g/mol. The summed E-state index contributed by atoms with van der Waals surface area (Å²) in [6.07, 6.45) is 2.60. The van der Waals surface area contributed by atoms with Crippen LogP contribution in [0.15, 0.2) is 91.1 Å². The van der Waals surface area contributed by atoms with Crippen molar-refractivity contribution in [3.63, 3.8) is 0 Å². The van der Waals surface area contributed by atoms with Gasteiger partial charge in [0.1, 0.15) is 11.9 Å². The van der Waals surface area contributed by atoms with Crippen molar-refractivity contribution in [1.82, 2.24) is 9.97 Å². The Kier molecular flexibility index (Phi) is 6.56. The molecule has 0 fully saturated rings. The molecule has 0 amide bonds. The molecule has 1 heterocycles. The Labute approximate surface area is 187 Å². The number of aryl methyl sites for hydroxylation is 1. The van der Waals surface area contributed by atoms with Crippen molar-refractivity contribution in [3.05, 3.63) is 114 Å². The second-order valence-electron chi connectivity index (χ2n) is 7.74. The molecule has 0 unspecified atom stereocenters. The summed E-state index contributed by atoms with van der Waals surface area (Å²) in [7, 11) is 0. The smallest absolute Gasteiger partial charge is 0.326 e. The first kappa shape index (κ1) is 21.2. The van der Waals surface area contributed by atoms with Crippen LogP contribution in [0.1, 0.15) is 22.4 Å². The van der Waals surface area contributed by atoms with Crippen LogP contribution in [0.5, 0.6) is 0 Å². The summed E-state index contributed by atoms with van der Waals surface area (Å²) >= 11 is 0. The van der Waals surface area contributed by atoms with Crippen molar-refractivity contribution in [2.75, 3.05) is 5.32 Å². The molecule has 5 heteroatoms. The number of nitrogens with zero attached hydrogens (tertiary/aromatic N) is 2. The number of nitrogens with one attached hydrogen (secondary N) is 1. The minimum atomic E-state index is -0.926. The molecule has 0 radical (unpaired) electrons. The van der Waals surface area contributed by atoms with Gasteiger partial charge in [-0.25, -0.2) is 14.8 Å². The quantitative estimate of drug-likeness (QED) is 0.410. The molecule has 5 nitrogen and oxygen atoms in total. The van der Waals surface area contributed by atoms with Gasteiger partial charge in [0.15, 0.2) is 0 Å². The van der Waals surface area contributed by atoms with Crippen LogP contribution in [0, 0.1) is 6.92 Å². The number of carboxylic acid groups (broad SMARTS) is 1. The Balaban J connectivity index is 1.69. The lowest BCUT2D eigenvalue weighted by atomic mass is 10.0. The lowest BCUT2D eigenvalue weighted by molar-refractivity contribution is -0.137. The third-order valence-electron chi connectivity index (χ3n) is 5.43. The average Bonchev–Trinajstić information content (AvgIpc) is 2.82. The van der Waals surface area contributed by atoms with Gasteiger partial charge in [-0.05, 0) is 23.6 Å². The van der Waals surface area contributed by atoms with E-state index in [1.807, 2.05) is 72.8 Å². The van der Waals surface area contributed by atoms with Gasteiger partial charge < -0.3 is 10.4 Å². The Morgan fingerprint density at radius 2 is 1.59 bits per heavy atom. The number of benzene rings is 3. The SMILES string of the molecule is Cc1ccccc1Cc1nc(-c2ccccc2)cnc1N[C@@H](Cc1ccccc1)C(=O)O. The minimum Gasteiger partial charge on any atom is -0.480 e. The van der Waals surface area contributed by atoms with E-state index >= 15 is 0 Å². The molecule has 32 heavy (non-hydrogen) atoms. The van der Waals surface area contributed by atoms with Crippen LogP contribution in [0.3, 0.4) is 0 Å². The average molecular weight is 424 g/mol. The first-order chi connectivity index (χ1) is 15.6. The van der Waals surface area contributed by atoms with Crippen LogP contribution in [-0.2, 0) is 17.6 Å². The fraction of sp³-hybridized carbons (Fsp3) is 0.148. The molecule has 0 bridgehead atoms. The zero-order valence-electron chi connectivity index (χ0n) is 17.9. The van der Waals surface area contributed by atoms with Crippen molar-refractivity contribution in [2.24, 2.45) is 0 Å². The van der Waals surface area contributed by atoms with Gasteiger partial charge in [-0.3, -0.25) is 0 Å². The second kappa shape index (κ2) is 9.88. The maximum Gasteiger partial charge on any atom is 0.326 e. The van der Waals surface area contributed by atoms with Crippen molar-refractivity contribution < 1.29 is 9.90 Å². The second-order valence-corrected chi connectivity index (χ2v) is 7.74. The zero-order chi connectivity index (χ0) is 22.3. The lowest BCUT2D eigenvalue weighted by Crippen LogP contribution is -2.32. The van der Waals surface area contributed by atoms with Gasteiger partial charge >= 0.3 is 5.97 Å². The van der Waals surface area contributed by atoms with Crippen LogP contribution in [0.4, 0.5) is 5.82 Å². The fourth-order valence-electron chi connectivity index (χ4n) is 3.62. The number of carbonyl (C=O) groups is 1. The molecule has 0 aliphatic carbocycles. The first-order valence-corrected chi connectivity index (χ1v) is 10.6. The fourth-order valence-corrected chi connectivity index (χ4v) is 3.62. The molecule has 0 saturated heterocycles. The predicted octanol–water partition coefficient (Wildman–Crippen LogP) is 5.15. The van der Waals surface area contributed by atoms with Crippen LogP contribution in [0.25, 0.3) is 11.3 Å². The number of aliphatic carboxylic acids is 1. The Morgan fingerprint density at radius 3 is 2.28 bits per heavy atom. The van der Waals surface area contributed by atoms with Crippen LogP contribution < -0.4 is 5.32 Å². The highest BCUT2D eigenvalue weighted by Crippen LogP contribution is 2.23. The van der Waals surface area contributed by atoms with Crippen LogP contribution in [0.2, 0.25) is 0 Å². The van der Waals surface area contributed by atoms with Gasteiger partial charge in [0.2, 0.25) is 0 Å². The van der Waals surface area contributed by atoms with E-state index < -0.39 is 12.0 Å². The number of hydrogen-bond acceptors (Lipinski definition) is 4. The maximum atomic E-state index is 12.0. The molecule has 0 aliphatic heterocycles. The number of aromatic nitrogens is 2. The third kappa shape index (κ3) is 5.19. The highest BCUT2D eigenvalue weighted by molar-refractivity contribution is 5.77. The van der Waals surface area contributed by atoms with Gasteiger partial charge in [-0.15, -0.1) is 0 Å². The lowest BCUT2D eigenvalue weighted by Gasteiger charge is -2.18. The van der Waals surface area contributed by atoms with E-state index in [0.29, 0.717) is 18.7 Å². The van der Waals surface area contributed by atoms with E-state index in [9.17, 15) is 9.90 Å². The zero-order valence-corrected chi connectivity index (χ0v) is 17.9. The largest absolute Gasteiger partial charge is 0.480 e. The Bertz CT molecular complexity index is 1190. The minimum absolute atomic E-state index is 0.349. The van der Waals surface area contributed by atoms with Gasteiger partial charge in [-0.1, -0.05) is 84.9 Å². The number of anilines is 1. The number of carboxylic acids is 1. The van der Waals surface area contributed by atoms with Crippen LogP contribution in [-0.4, -0.2) is 27.1 Å². The monoisotopic (exact) mass is 423 g/mol. The van der Waals surface area contributed by atoms with E-state index in [2.05, 4.69) is 29.4 Å². The van der Waals surface area contributed by atoms with E-state index in [-0.39, 0.29) is 0 Å². The molecule has 160 valence electrons. The van der Waals surface area contributed by atoms with E-state index in [4.69, 9.17) is 4.98 Å². The summed E-state index contributed by atoms with van der Waals surface area (Å²) in [6.45, 7) is 2.06. The number of rotatable bonds is 8. The van der Waals surface area contributed by atoms with E-state index in [1.165, 1.54) is 0 Å². The van der Waals surface area contributed by atoms with Crippen molar-refractivity contribution in [2.45, 2.75) is 25.8 Å². The summed E-state index contributed by atoms with van der Waals surface area (Å²) in [5.41, 5.74) is 5.68. The van der Waals surface area contributed by atoms with Gasteiger partial charge in [0.05, 0.1) is 17.6 Å². The van der Waals surface area contributed by atoms with Crippen molar-refractivity contribution in [1.29, 1.82) is 0 Å². The van der Waals surface area contributed by atoms with Crippen molar-refractivity contribution in [3.8, 4) is 11.3 Å². The molecule has 4 aromatic rings. The van der Waals surface area contributed by atoms with Gasteiger partial charge in [0.25, 0.3) is 0 Å². The maximum absolute atomic E-state index is 12.0. The normalized spacial score (nSPS) is 11.7. The highest BCUT2D eigenvalue weighted by atomic mass is 16.4. The summed E-state index contributed by atoms with van der Waals surface area (Å²) in [5.74, 6) is -0.430. The molecule has 1 aromatic heterocycles. The molecule has 4 rings (SSSR count). The molecule has 0 spiro atoms. The molecule has 3 aromatic carbocycles. The molecule has 1 atom stereocenters. The van der Waals surface area contributed by atoms with E-state index in [0.717, 1.165) is 33.6 Å². The number of hydrogen-bond donors (Lipinski definition) is 2. The summed E-state index contributed by atoms with van der Waals surface area (Å²) < 4.78 is 0. The van der Waals surface area contributed by atoms with Gasteiger partial charge in [-0.2, -0.15) is 0 Å². The Hall–Kier alpha value is -3.99. The first-order valence-electron chi connectivity index (χ1n) is 10.6. The standard InChI is InChI=1S/C27H25N3O2/c1-19-10-8-9-15-22(19)17-23-26(28-18-25(29-23)21-13-6-3-7-14-21)30-24(27(31)32)16-20-11-4-2-5-12-20/h2-15,18,24H,16-17H2,1H3,(H,28,30)(H,31,32)/t24-/m0/s1. The Morgan fingerprint density at radius 1 is 0.938 bits per heavy atom. The van der Waals surface area contributed by atoms with Crippen LogP contribution >= 0.6 is 0 Å². The molecular formula is C27H25N3O2. The molecule has 0 aliphatic rings. The summed E-state index contributed by atoms with van der Waals surface area (Å²) in [6, 6.07) is 26.8. The van der Waals surface area contributed by atoms with Gasteiger partial charge in [0, 0.05) is 18.4 Å². The van der Waals surface area contributed by atoms with E-state index in [1.54, 1.807) is 6.20 Å². The van der Waals surface area contributed by atoms with Crippen molar-refractivity contribution >= 4 is 11.8 Å². The summed E-state index contributed by atoms with van der Waals surface area (Å²) in [5, 5.41) is 13.0. The molecule has 2 N–H and O–H groups in total. The topological polar surface area (TPSA) is 75.1 Å². The molecule has 0 saturated carbocycles.